The van der Waals surface area contributed by atoms with Gasteiger partial charge in [-0.2, -0.15) is 5.10 Å². The molecule has 6 heteroatoms. The van der Waals surface area contributed by atoms with Gasteiger partial charge in [0.2, 0.25) is 0 Å². The van der Waals surface area contributed by atoms with Gasteiger partial charge >= 0.3 is 0 Å². The summed E-state index contributed by atoms with van der Waals surface area (Å²) in [5.74, 6) is 1.41. The molecule has 27 heavy (non-hydrogen) atoms. The molecule has 2 aromatic carbocycles. The van der Waals surface area contributed by atoms with Crippen molar-refractivity contribution in [3.05, 3.63) is 66.4 Å². The Labute approximate surface area is 158 Å². The van der Waals surface area contributed by atoms with Crippen molar-refractivity contribution in [1.82, 2.24) is 15.1 Å². The predicted octanol–water partition coefficient (Wildman–Crippen LogP) is 3.63. The van der Waals surface area contributed by atoms with E-state index in [1.807, 2.05) is 54.6 Å². The van der Waals surface area contributed by atoms with Crippen LogP contribution in [0.25, 0.3) is 11.3 Å². The Balaban J connectivity index is 1.49. The first-order valence-electron chi connectivity index (χ1n) is 8.80. The lowest BCUT2D eigenvalue weighted by Gasteiger charge is -2.18. The first-order chi connectivity index (χ1) is 13.2. The molecule has 0 aliphatic rings. The van der Waals surface area contributed by atoms with E-state index < -0.39 is 0 Å². The number of ether oxygens (including phenoxy) is 2. The van der Waals surface area contributed by atoms with Crippen molar-refractivity contribution in [1.29, 1.82) is 0 Å². The summed E-state index contributed by atoms with van der Waals surface area (Å²) in [7, 11) is 3.42. The number of methoxy groups -OCH3 is 1. The topological polar surface area (TPSA) is 67.5 Å². The van der Waals surface area contributed by atoms with Crippen molar-refractivity contribution in [2.24, 2.45) is 0 Å². The minimum absolute atomic E-state index is 0.0107. The van der Waals surface area contributed by atoms with Crippen LogP contribution in [-0.2, 0) is 0 Å². The summed E-state index contributed by atoms with van der Waals surface area (Å²) < 4.78 is 11.0. The number of hydrogen-bond donors (Lipinski definition) is 1. The van der Waals surface area contributed by atoms with Crippen molar-refractivity contribution in [2.45, 2.75) is 6.42 Å². The van der Waals surface area contributed by atoms with E-state index in [1.165, 1.54) is 0 Å². The molecule has 140 valence electrons. The summed E-state index contributed by atoms with van der Waals surface area (Å²) in [6.07, 6.45) is 2.43. The quantitative estimate of drug-likeness (QED) is 0.619. The molecule has 0 aliphatic carbocycles. The van der Waals surface area contributed by atoms with E-state index in [0.29, 0.717) is 30.2 Å². The van der Waals surface area contributed by atoms with Gasteiger partial charge in [0.25, 0.3) is 5.91 Å². The average Bonchev–Trinajstić information content (AvgIpc) is 3.25. The van der Waals surface area contributed by atoms with Gasteiger partial charge in [0.1, 0.15) is 0 Å². The minimum atomic E-state index is -0.0107. The lowest BCUT2D eigenvalue weighted by Crippen LogP contribution is -2.28. The number of benzene rings is 2. The molecule has 3 aromatic rings. The molecule has 6 nitrogen and oxygen atoms in total. The number of para-hydroxylation sites is 2. The van der Waals surface area contributed by atoms with Crippen molar-refractivity contribution in [3.63, 3.8) is 0 Å². The number of hydrogen-bond acceptors (Lipinski definition) is 4. The molecule has 0 bridgehead atoms. The normalized spacial score (nSPS) is 10.4. The van der Waals surface area contributed by atoms with Gasteiger partial charge < -0.3 is 14.4 Å². The Kier molecular flexibility index (Phi) is 6.10. The van der Waals surface area contributed by atoms with Crippen molar-refractivity contribution in [2.75, 3.05) is 27.3 Å². The molecule has 1 amide bonds. The third-order valence-electron chi connectivity index (χ3n) is 4.25. The smallest absolute Gasteiger partial charge is 0.253 e. The summed E-state index contributed by atoms with van der Waals surface area (Å²) in [5, 5.41) is 6.85. The van der Waals surface area contributed by atoms with Crippen LogP contribution in [0.5, 0.6) is 11.5 Å². The fraction of sp³-hybridized carbons (Fsp3) is 0.238. The summed E-state index contributed by atoms with van der Waals surface area (Å²) in [5.41, 5.74) is 2.58. The monoisotopic (exact) mass is 365 g/mol. The second-order valence-corrected chi connectivity index (χ2v) is 6.13. The van der Waals surface area contributed by atoms with Crippen molar-refractivity contribution in [3.8, 4) is 22.8 Å². The molecular weight excluding hydrogens is 342 g/mol. The highest BCUT2D eigenvalue weighted by Gasteiger charge is 2.12. The number of nitrogens with zero attached hydrogens (tertiary/aromatic N) is 2. The van der Waals surface area contributed by atoms with E-state index in [9.17, 15) is 4.79 Å². The van der Waals surface area contributed by atoms with Crippen LogP contribution >= 0.6 is 0 Å². The number of aromatic amines is 1. The van der Waals surface area contributed by atoms with Crippen LogP contribution in [0.2, 0.25) is 0 Å². The number of carbonyl (C=O) groups is 1. The Morgan fingerprint density at radius 2 is 1.81 bits per heavy atom. The Morgan fingerprint density at radius 3 is 2.48 bits per heavy atom. The first-order valence-corrected chi connectivity index (χ1v) is 8.80. The van der Waals surface area contributed by atoms with Gasteiger partial charge in [0.15, 0.2) is 11.5 Å². The number of nitrogens with one attached hydrogen (secondary N) is 1. The maximum absolute atomic E-state index is 12.6. The van der Waals surface area contributed by atoms with Gasteiger partial charge in [-0.15, -0.1) is 0 Å². The highest BCUT2D eigenvalue weighted by Crippen LogP contribution is 2.25. The largest absolute Gasteiger partial charge is 0.493 e. The van der Waals surface area contributed by atoms with Crippen LogP contribution in [-0.4, -0.2) is 48.3 Å². The van der Waals surface area contributed by atoms with Crippen LogP contribution in [0.3, 0.4) is 0 Å². The summed E-state index contributed by atoms with van der Waals surface area (Å²) in [6.45, 7) is 1.12. The number of aromatic nitrogens is 2. The molecule has 1 heterocycles. The third-order valence-corrected chi connectivity index (χ3v) is 4.25. The maximum atomic E-state index is 12.6. The standard InChI is InChI=1S/C21H23N3O3/c1-24(14-5-15-27-20-7-4-3-6-19(20)26-2)21(25)17-10-8-16(9-11-17)18-12-13-22-23-18/h3-4,6-13H,5,14-15H2,1-2H3,(H,22,23). The van der Waals surface area contributed by atoms with E-state index in [4.69, 9.17) is 9.47 Å². The lowest BCUT2D eigenvalue weighted by atomic mass is 10.1. The molecule has 1 N–H and O–H groups in total. The van der Waals surface area contributed by atoms with Crippen molar-refractivity contribution < 1.29 is 14.3 Å². The van der Waals surface area contributed by atoms with E-state index in [0.717, 1.165) is 17.7 Å². The number of amides is 1. The second kappa shape index (κ2) is 8.89. The van der Waals surface area contributed by atoms with Crippen molar-refractivity contribution >= 4 is 5.91 Å². The lowest BCUT2D eigenvalue weighted by molar-refractivity contribution is 0.0787. The summed E-state index contributed by atoms with van der Waals surface area (Å²) >= 11 is 0. The fourth-order valence-electron chi connectivity index (χ4n) is 2.75. The van der Waals surface area contributed by atoms with Gasteiger partial charge in [0.05, 0.1) is 19.4 Å². The van der Waals surface area contributed by atoms with Crippen LogP contribution in [0.15, 0.2) is 60.8 Å². The van der Waals surface area contributed by atoms with Gasteiger partial charge in [-0.1, -0.05) is 24.3 Å². The molecule has 0 saturated carbocycles. The molecular formula is C21H23N3O3. The van der Waals surface area contributed by atoms with Crippen LogP contribution < -0.4 is 9.47 Å². The van der Waals surface area contributed by atoms with Gasteiger partial charge in [-0.25, -0.2) is 0 Å². The molecule has 0 atom stereocenters. The Morgan fingerprint density at radius 1 is 1.07 bits per heavy atom. The zero-order valence-corrected chi connectivity index (χ0v) is 15.5. The highest BCUT2D eigenvalue weighted by molar-refractivity contribution is 5.94. The molecule has 0 aliphatic heterocycles. The highest BCUT2D eigenvalue weighted by atomic mass is 16.5. The first kappa shape index (κ1) is 18.5. The molecule has 0 saturated heterocycles. The summed E-state index contributed by atoms with van der Waals surface area (Å²) in [4.78, 5) is 14.3. The Hall–Kier alpha value is -3.28. The predicted molar refractivity (Wildman–Crippen MR) is 104 cm³/mol. The molecule has 1 aromatic heterocycles. The zero-order valence-electron chi connectivity index (χ0n) is 15.5. The minimum Gasteiger partial charge on any atom is -0.493 e. The number of carbonyl (C=O) groups excluding carboxylic acids is 1. The molecule has 0 spiro atoms. The van der Waals surface area contributed by atoms with Gasteiger partial charge in [0, 0.05) is 25.4 Å². The van der Waals surface area contributed by atoms with Gasteiger partial charge in [-0.3, -0.25) is 9.89 Å². The van der Waals surface area contributed by atoms with E-state index in [1.54, 1.807) is 25.3 Å². The van der Waals surface area contributed by atoms with Gasteiger partial charge in [-0.05, 0) is 42.3 Å². The Bertz CT molecular complexity index is 861. The zero-order chi connectivity index (χ0) is 19.1. The number of H-pyrrole nitrogens is 1. The molecule has 0 fully saturated rings. The number of rotatable bonds is 8. The van der Waals surface area contributed by atoms with E-state index >= 15 is 0 Å². The maximum Gasteiger partial charge on any atom is 0.253 e. The molecule has 3 rings (SSSR count). The van der Waals surface area contributed by atoms with E-state index in [2.05, 4.69) is 10.2 Å². The SMILES string of the molecule is COc1ccccc1OCCCN(C)C(=O)c1ccc(-c2ccn[nH]2)cc1. The fourth-order valence-corrected chi connectivity index (χ4v) is 2.75. The molecule has 0 unspecified atom stereocenters. The van der Waals surface area contributed by atoms with Crippen LogP contribution in [0.4, 0.5) is 0 Å². The van der Waals surface area contributed by atoms with Crippen LogP contribution in [0.1, 0.15) is 16.8 Å². The van der Waals surface area contributed by atoms with Crippen LogP contribution in [0, 0.1) is 0 Å². The molecule has 0 radical (unpaired) electrons. The third kappa shape index (κ3) is 4.67. The second-order valence-electron chi connectivity index (χ2n) is 6.13. The summed E-state index contributed by atoms with van der Waals surface area (Å²) in [6, 6.07) is 16.9. The average molecular weight is 365 g/mol. The van der Waals surface area contributed by atoms with E-state index in [-0.39, 0.29) is 5.91 Å².